The van der Waals surface area contributed by atoms with Crippen LogP contribution >= 0.6 is 0 Å². The number of hydrogen-bond acceptors (Lipinski definition) is 2. The van der Waals surface area contributed by atoms with Crippen molar-refractivity contribution in [2.24, 2.45) is 0 Å². The van der Waals surface area contributed by atoms with Crippen LogP contribution in [0.1, 0.15) is 30.4 Å². The molecule has 1 aliphatic rings. The van der Waals surface area contributed by atoms with E-state index >= 15 is 0 Å². The Morgan fingerprint density at radius 2 is 2.27 bits per heavy atom. The number of hydrogen-bond donors (Lipinski definition) is 0. The first kappa shape index (κ1) is 10.4. The van der Waals surface area contributed by atoms with Gasteiger partial charge in [0.25, 0.3) is 0 Å². The van der Waals surface area contributed by atoms with E-state index in [1.807, 2.05) is 19.1 Å². The maximum atomic E-state index is 11.8. The van der Waals surface area contributed by atoms with Gasteiger partial charge in [-0.15, -0.1) is 0 Å². The predicted octanol–water partition coefficient (Wildman–Crippen LogP) is 2.32. The number of ether oxygens (including phenoxy) is 1. The lowest BCUT2D eigenvalue weighted by Crippen LogP contribution is -2.16. The minimum absolute atomic E-state index is 0.0766. The molecule has 1 aromatic carbocycles. The van der Waals surface area contributed by atoms with Gasteiger partial charge in [-0.2, -0.15) is 0 Å². The lowest BCUT2D eigenvalue weighted by Gasteiger charge is -2.09. The third kappa shape index (κ3) is 2.10. The van der Waals surface area contributed by atoms with Gasteiger partial charge in [-0.1, -0.05) is 24.3 Å². The Morgan fingerprint density at radius 1 is 1.47 bits per heavy atom. The smallest absolute Gasteiger partial charge is 0.165 e. The maximum absolute atomic E-state index is 11.8. The van der Waals surface area contributed by atoms with E-state index in [0.717, 1.165) is 12.8 Å². The number of carbonyl (C=O) groups is 1. The molecule has 0 N–H and O–H groups in total. The van der Waals surface area contributed by atoms with Crippen LogP contribution in [0.25, 0.3) is 0 Å². The Labute approximate surface area is 90.3 Å². The summed E-state index contributed by atoms with van der Waals surface area (Å²) in [5.41, 5.74) is 2.54. The topological polar surface area (TPSA) is 26.3 Å². The molecule has 1 atom stereocenters. The third-order valence-corrected chi connectivity index (χ3v) is 2.97. The molecule has 0 bridgehead atoms. The molecule has 0 saturated carbocycles. The predicted molar refractivity (Wildman–Crippen MR) is 59.0 cm³/mol. The maximum Gasteiger partial charge on any atom is 0.165 e. The van der Waals surface area contributed by atoms with E-state index in [9.17, 15) is 4.79 Å². The fraction of sp³-hybridized carbons (Fsp3) is 0.462. The van der Waals surface area contributed by atoms with Crippen LogP contribution in [0.15, 0.2) is 24.3 Å². The summed E-state index contributed by atoms with van der Waals surface area (Å²) in [4.78, 5) is 11.8. The van der Waals surface area contributed by atoms with E-state index in [2.05, 4.69) is 12.1 Å². The fourth-order valence-electron chi connectivity index (χ4n) is 2.19. The van der Waals surface area contributed by atoms with Crippen molar-refractivity contribution in [3.63, 3.8) is 0 Å². The van der Waals surface area contributed by atoms with Crippen molar-refractivity contribution < 1.29 is 9.53 Å². The molecule has 2 heteroatoms. The van der Waals surface area contributed by atoms with E-state index < -0.39 is 0 Å². The van der Waals surface area contributed by atoms with Crippen LogP contribution in [-0.2, 0) is 16.0 Å². The van der Waals surface area contributed by atoms with E-state index in [-0.39, 0.29) is 18.3 Å². The minimum atomic E-state index is 0.0766. The molecule has 2 rings (SSSR count). The Morgan fingerprint density at radius 3 is 3.07 bits per heavy atom. The van der Waals surface area contributed by atoms with Gasteiger partial charge in [0.1, 0.15) is 6.61 Å². The van der Waals surface area contributed by atoms with Crippen molar-refractivity contribution >= 4 is 5.78 Å². The van der Waals surface area contributed by atoms with Crippen molar-refractivity contribution in [1.29, 1.82) is 0 Å². The number of rotatable bonds is 4. The Kier molecular flexibility index (Phi) is 3.17. The highest BCUT2D eigenvalue weighted by Gasteiger charge is 2.27. The third-order valence-electron chi connectivity index (χ3n) is 2.97. The van der Waals surface area contributed by atoms with Crippen molar-refractivity contribution in [3.05, 3.63) is 35.4 Å². The summed E-state index contributed by atoms with van der Waals surface area (Å²) < 4.78 is 5.17. The summed E-state index contributed by atoms with van der Waals surface area (Å²) >= 11 is 0. The molecule has 1 aromatic rings. The second-order valence-corrected chi connectivity index (χ2v) is 3.89. The van der Waals surface area contributed by atoms with E-state index in [1.165, 1.54) is 11.1 Å². The van der Waals surface area contributed by atoms with Crippen molar-refractivity contribution in [1.82, 2.24) is 0 Å². The summed E-state index contributed by atoms with van der Waals surface area (Å²) in [6.07, 6.45) is 1.98. The molecular weight excluding hydrogens is 188 g/mol. The molecule has 0 heterocycles. The monoisotopic (exact) mass is 204 g/mol. The van der Waals surface area contributed by atoms with Crippen LogP contribution in [0.2, 0.25) is 0 Å². The molecule has 0 amide bonds. The van der Waals surface area contributed by atoms with Crippen LogP contribution in [0, 0.1) is 0 Å². The van der Waals surface area contributed by atoms with Crippen molar-refractivity contribution in [2.45, 2.75) is 25.7 Å². The number of carbonyl (C=O) groups excluding carboxylic acids is 1. The molecule has 0 spiro atoms. The van der Waals surface area contributed by atoms with Gasteiger partial charge in [0.2, 0.25) is 0 Å². The normalized spacial score (nSPS) is 18.9. The standard InChI is InChI=1S/C13H16O2/c1-2-15-9-13(14)12-8-7-10-5-3-4-6-11(10)12/h3-6,12H,2,7-9H2,1H3. The first-order valence-corrected chi connectivity index (χ1v) is 5.51. The summed E-state index contributed by atoms with van der Waals surface area (Å²) in [7, 11) is 0. The number of ketones is 1. The molecule has 0 aromatic heterocycles. The summed E-state index contributed by atoms with van der Waals surface area (Å²) in [6.45, 7) is 2.78. The van der Waals surface area contributed by atoms with E-state index in [1.54, 1.807) is 0 Å². The van der Waals surface area contributed by atoms with Gasteiger partial charge >= 0.3 is 0 Å². The molecule has 15 heavy (non-hydrogen) atoms. The quantitative estimate of drug-likeness (QED) is 0.752. The molecule has 0 aliphatic heterocycles. The fourth-order valence-corrected chi connectivity index (χ4v) is 2.19. The summed E-state index contributed by atoms with van der Waals surface area (Å²) in [5.74, 6) is 0.301. The lowest BCUT2D eigenvalue weighted by molar-refractivity contribution is -0.124. The molecular formula is C13H16O2. The Bertz CT molecular complexity index is 357. The molecule has 2 nitrogen and oxygen atoms in total. The Hall–Kier alpha value is -1.15. The van der Waals surface area contributed by atoms with Crippen LogP contribution in [0.3, 0.4) is 0 Å². The van der Waals surface area contributed by atoms with Crippen LogP contribution in [-0.4, -0.2) is 19.0 Å². The number of benzene rings is 1. The highest BCUT2D eigenvalue weighted by Crippen LogP contribution is 2.33. The molecule has 0 radical (unpaired) electrons. The zero-order valence-corrected chi connectivity index (χ0v) is 9.03. The highest BCUT2D eigenvalue weighted by molar-refractivity contribution is 5.88. The average molecular weight is 204 g/mol. The molecule has 0 fully saturated rings. The molecule has 1 aliphatic carbocycles. The SMILES string of the molecule is CCOCC(=O)C1CCc2ccccc21. The largest absolute Gasteiger partial charge is 0.374 e. The molecule has 1 unspecified atom stereocenters. The lowest BCUT2D eigenvalue weighted by atomic mass is 9.97. The highest BCUT2D eigenvalue weighted by atomic mass is 16.5. The second-order valence-electron chi connectivity index (χ2n) is 3.89. The zero-order valence-electron chi connectivity index (χ0n) is 9.03. The van der Waals surface area contributed by atoms with Gasteiger partial charge in [0.05, 0.1) is 0 Å². The summed E-state index contributed by atoms with van der Waals surface area (Å²) in [6, 6.07) is 8.22. The van der Waals surface area contributed by atoms with E-state index in [0.29, 0.717) is 6.61 Å². The summed E-state index contributed by atoms with van der Waals surface area (Å²) in [5, 5.41) is 0. The molecule has 0 saturated heterocycles. The van der Waals surface area contributed by atoms with E-state index in [4.69, 9.17) is 4.74 Å². The van der Waals surface area contributed by atoms with Crippen molar-refractivity contribution in [3.8, 4) is 0 Å². The number of fused-ring (bicyclic) bond motifs is 1. The molecule has 80 valence electrons. The average Bonchev–Trinajstić information content (AvgIpc) is 2.69. The van der Waals surface area contributed by atoms with Gasteiger partial charge in [-0.05, 0) is 30.9 Å². The van der Waals surface area contributed by atoms with Gasteiger partial charge in [0.15, 0.2) is 5.78 Å². The van der Waals surface area contributed by atoms with Crippen LogP contribution in [0.4, 0.5) is 0 Å². The van der Waals surface area contributed by atoms with Gasteiger partial charge < -0.3 is 4.74 Å². The number of aryl methyl sites for hydroxylation is 1. The van der Waals surface area contributed by atoms with Crippen LogP contribution < -0.4 is 0 Å². The van der Waals surface area contributed by atoms with Crippen LogP contribution in [0.5, 0.6) is 0 Å². The second kappa shape index (κ2) is 4.58. The van der Waals surface area contributed by atoms with Gasteiger partial charge in [0, 0.05) is 12.5 Å². The Balaban J connectivity index is 2.10. The first-order valence-electron chi connectivity index (χ1n) is 5.51. The number of Topliss-reactive ketones (excluding diaryl/α,β-unsaturated/α-hetero) is 1. The zero-order chi connectivity index (χ0) is 10.7. The minimum Gasteiger partial charge on any atom is -0.374 e. The van der Waals surface area contributed by atoms with Crippen molar-refractivity contribution in [2.75, 3.05) is 13.2 Å². The van der Waals surface area contributed by atoms with Gasteiger partial charge in [-0.3, -0.25) is 4.79 Å². The van der Waals surface area contributed by atoms with Gasteiger partial charge in [-0.25, -0.2) is 0 Å². The first-order chi connectivity index (χ1) is 7.33.